The van der Waals surface area contributed by atoms with Gasteiger partial charge in [-0.25, -0.2) is 4.84 Å². The Kier molecular flexibility index (Phi) is 6.86. The summed E-state index contributed by atoms with van der Waals surface area (Å²) in [7, 11) is 0. The van der Waals surface area contributed by atoms with Crippen LogP contribution < -0.4 is 0 Å². The van der Waals surface area contributed by atoms with Crippen molar-refractivity contribution in [2.24, 2.45) is 0 Å². The number of hydrogen-bond donors (Lipinski definition) is 0. The lowest BCUT2D eigenvalue weighted by molar-refractivity contribution is -0.729. The molecule has 5 nitrogen and oxygen atoms in total. The zero-order valence-corrected chi connectivity index (χ0v) is 7.82. The molecule has 0 saturated heterocycles. The minimum Gasteiger partial charge on any atom is -0.268 e. The van der Waals surface area contributed by atoms with Gasteiger partial charge in [-0.15, -0.1) is 10.1 Å². The van der Waals surface area contributed by atoms with E-state index in [1.807, 2.05) is 0 Å². The van der Waals surface area contributed by atoms with Crippen LogP contribution in [-0.2, 0) is 9.63 Å². The van der Waals surface area contributed by atoms with E-state index in [2.05, 4.69) is 11.8 Å². The monoisotopic (exact) mass is 189 g/mol. The minimum atomic E-state index is -1.06. The van der Waals surface area contributed by atoms with Crippen LogP contribution in [0.2, 0.25) is 0 Å². The smallest absolute Gasteiger partial charge is 0.268 e. The van der Waals surface area contributed by atoms with Gasteiger partial charge in [0.2, 0.25) is 0 Å². The average molecular weight is 189 g/mol. The number of hydrogen-bond acceptors (Lipinski definition) is 4. The highest BCUT2D eigenvalue weighted by atomic mass is 17.0. The first-order chi connectivity index (χ1) is 6.16. The maximum atomic E-state index is 10.6. The highest BCUT2D eigenvalue weighted by molar-refractivity contribution is 5.68. The summed E-state index contributed by atoms with van der Waals surface area (Å²) in [5, 5.41) is 8.65. The largest absolute Gasteiger partial charge is 0.303 e. The molecule has 0 rings (SSSR count). The van der Waals surface area contributed by atoms with Gasteiger partial charge in [0.1, 0.15) is 0 Å². The number of unbranched alkanes of at least 4 members (excludes halogenated alkanes) is 4. The highest BCUT2D eigenvalue weighted by Gasteiger charge is 2.05. The molecule has 0 aromatic rings. The van der Waals surface area contributed by atoms with E-state index < -0.39 is 11.1 Å². The van der Waals surface area contributed by atoms with E-state index in [1.54, 1.807) is 0 Å². The SMILES string of the molecule is CCCCCCCC(=O)O[N+](=O)[O-]. The molecule has 0 aromatic heterocycles. The van der Waals surface area contributed by atoms with Crippen molar-refractivity contribution in [2.75, 3.05) is 0 Å². The lowest BCUT2D eigenvalue weighted by Gasteiger charge is -1.98. The van der Waals surface area contributed by atoms with Crippen LogP contribution in [0.5, 0.6) is 0 Å². The molecule has 13 heavy (non-hydrogen) atoms. The number of nitrogens with zero attached hydrogens (tertiary/aromatic N) is 1. The van der Waals surface area contributed by atoms with Gasteiger partial charge in [0, 0.05) is 6.42 Å². The molecule has 0 N–H and O–H groups in total. The molecular weight excluding hydrogens is 174 g/mol. The van der Waals surface area contributed by atoms with Gasteiger partial charge in [-0.2, -0.15) is 0 Å². The van der Waals surface area contributed by atoms with Crippen molar-refractivity contribution in [1.82, 2.24) is 0 Å². The summed E-state index contributed by atoms with van der Waals surface area (Å²) in [5.74, 6) is -0.749. The maximum Gasteiger partial charge on any atom is 0.303 e. The Morgan fingerprint density at radius 3 is 2.46 bits per heavy atom. The van der Waals surface area contributed by atoms with Crippen LogP contribution >= 0.6 is 0 Å². The quantitative estimate of drug-likeness (QED) is 0.349. The molecule has 0 saturated carbocycles. The van der Waals surface area contributed by atoms with Gasteiger partial charge in [-0.1, -0.05) is 32.6 Å². The van der Waals surface area contributed by atoms with Crippen LogP contribution in [0.1, 0.15) is 45.4 Å². The van der Waals surface area contributed by atoms with E-state index in [4.69, 9.17) is 0 Å². The Morgan fingerprint density at radius 1 is 1.31 bits per heavy atom. The van der Waals surface area contributed by atoms with E-state index in [0.29, 0.717) is 6.42 Å². The van der Waals surface area contributed by atoms with Crippen LogP contribution in [0.3, 0.4) is 0 Å². The zero-order valence-electron chi connectivity index (χ0n) is 7.82. The third-order valence-electron chi connectivity index (χ3n) is 1.66. The average Bonchev–Trinajstić information content (AvgIpc) is 2.02. The van der Waals surface area contributed by atoms with E-state index in [-0.39, 0.29) is 6.42 Å². The normalized spacial score (nSPS) is 9.62. The first-order valence-corrected chi connectivity index (χ1v) is 4.52. The molecule has 0 heterocycles. The molecule has 0 aliphatic carbocycles. The van der Waals surface area contributed by atoms with Crippen molar-refractivity contribution >= 4 is 5.97 Å². The van der Waals surface area contributed by atoms with Crippen LogP contribution in [-0.4, -0.2) is 11.1 Å². The molecule has 0 aromatic carbocycles. The third kappa shape index (κ3) is 8.78. The second-order valence-corrected chi connectivity index (χ2v) is 2.85. The minimum absolute atomic E-state index is 0.144. The molecule has 0 fully saturated rings. The van der Waals surface area contributed by atoms with E-state index >= 15 is 0 Å². The first kappa shape index (κ1) is 11.9. The van der Waals surface area contributed by atoms with E-state index in [0.717, 1.165) is 25.7 Å². The summed E-state index contributed by atoms with van der Waals surface area (Å²) in [5.41, 5.74) is 0. The Balaban J connectivity index is 3.22. The van der Waals surface area contributed by atoms with Crippen LogP contribution in [0, 0.1) is 10.1 Å². The van der Waals surface area contributed by atoms with Gasteiger partial charge in [0.05, 0.1) is 0 Å². The van der Waals surface area contributed by atoms with Crippen LogP contribution in [0.4, 0.5) is 0 Å². The standard InChI is InChI=1S/C8H15NO4/c1-2-3-4-5-6-7-8(10)13-9(11)12/h2-7H2,1H3. The number of carbonyl (C=O) groups is 1. The van der Waals surface area contributed by atoms with Gasteiger partial charge < -0.3 is 0 Å². The Morgan fingerprint density at radius 2 is 1.92 bits per heavy atom. The summed E-state index contributed by atoms with van der Waals surface area (Å²) in [4.78, 5) is 24.1. The van der Waals surface area contributed by atoms with E-state index in [9.17, 15) is 14.9 Å². The molecule has 0 atom stereocenters. The predicted molar refractivity (Wildman–Crippen MR) is 46.5 cm³/mol. The summed E-state index contributed by atoms with van der Waals surface area (Å²) < 4.78 is 0. The summed E-state index contributed by atoms with van der Waals surface area (Å²) in [6.45, 7) is 2.10. The molecule has 0 unspecified atom stereocenters. The second-order valence-electron chi connectivity index (χ2n) is 2.85. The molecule has 0 spiro atoms. The van der Waals surface area contributed by atoms with Crippen molar-refractivity contribution in [3.63, 3.8) is 0 Å². The molecule has 0 radical (unpaired) electrons. The van der Waals surface area contributed by atoms with Crippen molar-refractivity contribution < 1.29 is 14.7 Å². The third-order valence-corrected chi connectivity index (χ3v) is 1.66. The van der Waals surface area contributed by atoms with Gasteiger partial charge in [-0.05, 0) is 6.42 Å². The van der Waals surface area contributed by atoms with Crippen molar-refractivity contribution in [3.8, 4) is 0 Å². The number of carbonyl (C=O) groups excluding carboxylic acids is 1. The maximum absolute atomic E-state index is 10.6. The van der Waals surface area contributed by atoms with Gasteiger partial charge in [-0.3, -0.25) is 4.79 Å². The molecule has 76 valence electrons. The lowest BCUT2D eigenvalue weighted by Crippen LogP contribution is -2.09. The molecule has 0 amide bonds. The van der Waals surface area contributed by atoms with Crippen molar-refractivity contribution in [2.45, 2.75) is 45.4 Å². The molecular formula is C8H15NO4. The van der Waals surface area contributed by atoms with Crippen molar-refractivity contribution in [3.05, 3.63) is 10.1 Å². The fraction of sp³-hybridized carbons (Fsp3) is 0.875. The Labute approximate surface area is 77.2 Å². The fourth-order valence-electron chi connectivity index (χ4n) is 1.00. The molecule has 0 bridgehead atoms. The van der Waals surface area contributed by atoms with Gasteiger partial charge >= 0.3 is 11.1 Å². The molecule has 5 heteroatoms. The summed E-state index contributed by atoms with van der Waals surface area (Å²) in [6.07, 6.45) is 5.10. The van der Waals surface area contributed by atoms with Crippen molar-refractivity contribution in [1.29, 1.82) is 0 Å². The Hall–Kier alpha value is -1.13. The molecule has 0 aliphatic heterocycles. The van der Waals surface area contributed by atoms with Gasteiger partial charge in [0.25, 0.3) is 0 Å². The predicted octanol–water partition coefficient (Wildman–Crippen LogP) is 2.08. The topological polar surface area (TPSA) is 69.4 Å². The summed E-state index contributed by atoms with van der Waals surface area (Å²) in [6, 6.07) is 0. The first-order valence-electron chi connectivity index (χ1n) is 4.52. The zero-order chi connectivity index (χ0) is 10.1. The Bertz CT molecular complexity index is 170. The van der Waals surface area contributed by atoms with Crippen LogP contribution in [0.25, 0.3) is 0 Å². The highest BCUT2D eigenvalue weighted by Crippen LogP contribution is 2.05. The van der Waals surface area contributed by atoms with Crippen LogP contribution in [0.15, 0.2) is 0 Å². The van der Waals surface area contributed by atoms with Gasteiger partial charge in [0.15, 0.2) is 0 Å². The van der Waals surface area contributed by atoms with E-state index in [1.165, 1.54) is 0 Å². The lowest BCUT2D eigenvalue weighted by atomic mass is 10.1. The fourth-order valence-corrected chi connectivity index (χ4v) is 1.00. The molecule has 0 aliphatic rings. The summed E-state index contributed by atoms with van der Waals surface area (Å²) >= 11 is 0. The number of rotatable bonds is 7. The second kappa shape index (κ2) is 7.52.